The molecule has 0 atom stereocenters. The number of amides is 1. The van der Waals surface area contributed by atoms with E-state index >= 15 is 0 Å². The lowest BCUT2D eigenvalue weighted by Crippen LogP contribution is -2.40. The van der Waals surface area contributed by atoms with E-state index in [0.29, 0.717) is 25.3 Å². The lowest BCUT2D eigenvalue weighted by Gasteiger charge is -2.32. The summed E-state index contributed by atoms with van der Waals surface area (Å²) in [5.74, 6) is 0.165. The summed E-state index contributed by atoms with van der Waals surface area (Å²) in [5, 5.41) is 1.000. The molecule has 8 heteroatoms. The van der Waals surface area contributed by atoms with Crippen LogP contribution in [-0.4, -0.2) is 38.4 Å². The first-order valence-corrected chi connectivity index (χ1v) is 9.23. The van der Waals surface area contributed by atoms with Gasteiger partial charge in [-0.15, -0.1) is 0 Å². The standard InChI is InChI=1S/C20H20F2N4O2/c21-19(22)16-10-18(27)26(12-23-16)11-13-5-7-25(8-6-13)20(28)17-9-14-3-1-2-4-15(14)24-17/h1-4,9-10,12-13,19,24H,5-8,11H2. The molecular weight excluding hydrogens is 366 g/mol. The van der Waals surface area contributed by atoms with Gasteiger partial charge < -0.3 is 9.88 Å². The highest BCUT2D eigenvalue weighted by molar-refractivity contribution is 5.98. The first-order valence-electron chi connectivity index (χ1n) is 9.23. The van der Waals surface area contributed by atoms with Gasteiger partial charge >= 0.3 is 0 Å². The first-order chi connectivity index (χ1) is 13.5. The number of rotatable bonds is 4. The minimum atomic E-state index is -2.75. The number of aromatic nitrogens is 3. The summed E-state index contributed by atoms with van der Waals surface area (Å²) in [7, 11) is 0. The quantitative estimate of drug-likeness (QED) is 0.749. The van der Waals surface area contributed by atoms with Crippen molar-refractivity contribution < 1.29 is 13.6 Å². The molecule has 2 aromatic heterocycles. The molecule has 0 spiro atoms. The van der Waals surface area contributed by atoms with Crippen LogP contribution in [-0.2, 0) is 6.54 Å². The van der Waals surface area contributed by atoms with Crippen molar-refractivity contribution in [1.82, 2.24) is 19.4 Å². The number of alkyl halides is 2. The second-order valence-corrected chi connectivity index (χ2v) is 7.11. The number of para-hydroxylation sites is 1. The van der Waals surface area contributed by atoms with Crippen LogP contribution in [0, 0.1) is 5.92 Å². The number of hydrogen-bond donors (Lipinski definition) is 1. The van der Waals surface area contributed by atoms with E-state index in [1.165, 1.54) is 10.9 Å². The Hall–Kier alpha value is -3.03. The number of likely N-dealkylation sites (tertiary alicyclic amines) is 1. The molecule has 1 N–H and O–H groups in total. The number of H-pyrrole nitrogens is 1. The molecule has 0 saturated carbocycles. The predicted octanol–water partition coefficient (Wildman–Crippen LogP) is 3.21. The van der Waals surface area contributed by atoms with Crippen LogP contribution in [0.5, 0.6) is 0 Å². The second-order valence-electron chi connectivity index (χ2n) is 7.11. The lowest BCUT2D eigenvalue weighted by atomic mass is 9.96. The SMILES string of the molecule is O=C(c1cc2ccccc2[nH]1)N1CCC(Cn2cnc(C(F)F)cc2=O)CC1. The third-order valence-electron chi connectivity index (χ3n) is 5.24. The summed E-state index contributed by atoms with van der Waals surface area (Å²) < 4.78 is 26.6. The average molecular weight is 386 g/mol. The van der Waals surface area contributed by atoms with Crippen molar-refractivity contribution in [1.29, 1.82) is 0 Å². The van der Waals surface area contributed by atoms with Gasteiger partial charge in [0, 0.05) is 36.6 Å². The number of aromatic amines is 1. The van der Waals surface area contributed by atoms with Crippen molar-refractivity contribution in [3.8, 4) is 0 Å². The monoisotopic (exact) mass is 386 g/mol. The number of nitrogens with one attached hydrogen (secondary N) is 1. The Balaban J connectivity index is 1.38. The highest BCUT2D eigenvalue weighted by Crippen LogP contribution is 2.22. The van der Waals surface area contributed by atoms with Gasteiger partial charge in [0.1, 0.15) is 11.4 Å². The maximum absolute atomic E-state index is 12.7. The summed E-state index contributed by atoms with van der Waals surface area (Å²) in [6.45, 7) is 1.61. The maximum Gasteiger partial charge on any atom is 0.280 e. The number of carbonyl (C=O) groups excluding carboxylic acids is 1. The maximum atomic E-state index is 12.7. The fourth-order valence-electron chi connectivity index (χ4n) is 3.65. The molecule has 1 fully saturated rings. The molecule has 1 aliphatic rings. The molecule has 1 saturated heterocycles. The largest absolute Gasteiger partial charge is 0.351 e. The number of benzene rings is 1. The zero-order chi connectivity index (χ0) is 19.7. The molecule has 6 nitrogen and oxygen atoms in total. The molecular formula is C20H20F2N4O2. The van der Waals surface area contributed by atoms with Gasteiger partial charge in [-0.2, -0.15) is 0 Å². The molecule has 146 valence electrons. The van der Waals surface area contributed by atoms with Crippen LogP contribution in [0.1, 0.15) is 35.4 Å². The molecule has 0 aliphatic carbocycles. The molecule has 3 heterocycles. The van der Waals surface area contributed by atoms with Gasteiger partial charge in [0.15, 0.2) is 0 Å². The van der Waals surface area contributed by atoms with Crippen LogP contribution in [0.25, 0.3) is 10.9 Å². The van der Waals surface area contributed by atoms with Gasteiger partial charge in [-0.05, 0) is 30.9 Å². The summed E-state index contributed by atoms with van der Waals surface area (Å²) in [6, 6.07) is 10.5. The van der Waals surface area contributed by atoms with Crippen molar-refractivity contribution in [3.05, 3.63) is 64.5 Å². The van der Waals surface area contributed by atoms with Crippen molar-refractivity contribution in [2.24, 2.45) is 5.92 Å². The summed E-state index contributed by atoms with van der Waals surface area (Å²) >= 11 is 0. The summed E-state index contributed by atoms with van der Waals surface area (Å²) in [4.78, 5) is 33.3. The summed E-state index contributed by atoms with van der Waals surface area (Å²) in [5.41, 5.74) is 0.532. The van der Waals surface area contributed by atoms with Crippen molar-refractivity contribution in [3.63, 3.8) is 0 Å². The van der Waals surface area contributed by atoms with Gasteiger partial charge in [0.2, 0.25) is 0 Å². The Bertz CT molecular complexity index is 1020. The molecule has 4 rings (SSSR count). The second kappa shape index (κ2) is 7.53. The van der Waals surface area contributed by atoms with Gasteiger partial charge in [-0.3, -0.25) is 14.2 Å². The number of carbonyl (C=O) groups is 1. The van der Waals surface area contributed by atoms with Gasteiger partial charge in [-0.25, -0.2) is 13.8 Å². The minimum Gasteiger partial charge on any atom is -0.351 e. The van der Waals surface area contributed by atoms with Crippen LogP contribution in [0.2, 0.25) is 0 Å². The zero-order valence-corrected chi connectivity index (χ0v) is 15.1. The fraction of sp³-hybridized carbons (Fsp3) is 0.350. The predicted molar refractivity (Wildman–Crippen MR) is 100 cm³/mol. The van der Waals surface area contributed by atoms with Crippen molar-refractivity contribution >= 4 is 16.8 Å². The Morgan fingerprint density at radius 1 is 1.21 bits per heavy atom. The molecule has 0 bridgehead atoms. The third kappa shape index (κ3) is 3.67. The number of hydrogen-bond acceptors (Lipinski definition) is 3. The molecule has 1 aromatic carbocycles. The van der Waals surface area contributed by atoms with E-state index in [9.17, 15) is 18.4 Å². The smallest absolute Gasteiger partial charge is 0.280 e. The first kappa shape index (κ1) is 18.3. The molecule has 1 amide bonds. The fourth-order valence-corrected chi connectivity index (χ4v) is 3.65. The summed E-state index contributed by atoms with van der Waals surface area (Å²) in [6.07, 6.45) is -0.0724. The highest BCUT2D eigenvalue weighted by Gasteiger charge is 2.25. The molecule has 28 heavy (non-hydrogen) atoms. The zero-order valence-electron chi connectivity index (χ0n) is 15.1. The van der Waals surface area contributed by atoms with E-state index in [0.717, 1.165) is 29.8 Å². The van der Waals surface area contributed by atoms with Gasteiger partial charge in [-0.1, -0.05) is 18.2 Å². The van der Waals surface area contributed by atoms with E-state index in [1.54, 1.807) is 0 Å². The van der Waals surface area contributed by atoms with Crippen LogP contribution in [0.3, 0.4) is 0 Å². The number of halogens is 2. The third-order valence-corrected chi connectivity index (χ3v) is 5.24. The van der Waals surface area contributed by atoms with E-state index in [1.807, 2.05) is 35.2 Å². The average Bonchev–Trinajstić information content (AvgIpc) is 3.13. The Morgan fingerprint density at radius 2 is 1.96 bits per heavy atom. The van der Waals surface area contributed by atoms with Crippen LogP contribution >= 0.6 is 0 Å². The van der Waals surface area contributed by atoms with Crippen LogP contribution < -0.4 is 5.56 Å². The topological polar surface area (TPSA) is 71.0 Å². The van der Waals surface area contributed by atoms with E-state index < -0.39 is 17.7 Å². The van der Waals surface area contributed by atoms with E-state index in [2.05, 4.69) is 9.97 Å². The molecule has 3 aromatic rings. The Morgan fingerprint density at radius 3 is 2.64 bits per heavy atom. The number of piperidine rings is 1. The van der Waals surface area contributed by atoms with Crippen LogP contribution in [0.15, 0.2) is 47.5 Å². The number of nitrogens with zero attached hydrogens (tertiary/aromatic N) is 3. The van der Waals surface area contributed by atoms with E-state index in [4.69, 9.17) is 0 Å². The molecule has 1 aliphatic heterocycles. The normalized spacial score (nSPS) is 15.5. The minimum absolute atomic E-state index is 0.0326. The lowest BCUT2D eigenvalue weighted by molar-refractivity contribution is 0.0677. The van der Waals surface area contributed by atoms with Crippen molar-refractivity contribution in [2.75, 3.05) is 13.1 Å². The van der Waals surface area contributed by atoms with Crippen molar-refractivity contribution in [2.45, 2.75) is 25.8 Å². The van der Waals surface area contributed by atoms with Gasteiger partial charge in [0.25, 0.3) is 17.9 Å². The van der Waals surface area contributed by atoms with Crippen LogP contribution in [0.4, 0.5) is 8.78 Å². The Kier molecular flexibility index (Phi) is 4.93. The van der Waals surface area contributed by atoms with Gasteiger partial charge in [0.05, 0.1) is 6.33 Å². The molecule has 0 radical (unpaired) electrons. The number of fused-ring (bicyclic) bond motifs is 1. The Labute approximate surface area is 159 Å². The highest BCUT2D eigenvalue weighted by atomic mass is 19.3. The molecule has 0 unspecified atom stereocenters. The van der Waals surface area contributed by atoms with E-state index in [-0.39, 0.29) is 11.8 Å².